The Morgan fingerprint density at radius 3 is 2.62 bits per heavy atom. The highest BCUT2D eigenvalue weighted by Gasteiger charge is 2.44. The molecule has 0 aromatic carbocycles. The Hall–Kier alpha value is -0.0400. The van der Waals surface area contributed by atoms with E-state index < -0.39 is 0 Å². The molecule has 1 heteroatoms. The number of piperidine rings is 1. The Kier molecular flexibility index (Phi) is 1.90. The molecular weight excluding hydrogens is 158 g/mol. The van der Waals surface area contributed by atoms with Gasteiger partial charge < -0.3 is 5.32 Å². The van der Waals surface area contributed by atoms with Crippen molar-refractivity contribution in [2.75, 3.05) is 6.54 Å². The van der Waals surface area contributed by atoms with E-state index in [-0.39, 0.29) is 0 Å². The fraction of sp³-hybridized carbons (Fsp3) is 1.00. The number of hydrogen-bond donors (Lipinski definition) is 1. The van der Waals surface area contributed by atoms with Crippen LogP contribution >= 0.6 is 0 Å². The van der Waals surface area contributed by atoms with Crippen molar-refractivity contribution < 1.29 is 0 Å². The zero-order chi connectivity index (χ0) is 8.73. The molecule has 1 spiro atoms. The molecule has 3 fully saturated rings. The first-order valence-electron chi connectivity index (χ1n) is 6.11. The molecule has 74 valence electrons. The van der Waals surface area contributed by atoms with E-state index in [4.69, 9.17) is 0 Å². The summed E-state index contributed by atoms with van der Waals surface area (Å²) in [6.07, 6.45) is 12.0. The molecule has 3 rings (SSSR count). The molecule has 2 aliphatic carbocycles. The van der Waals surface area contributed by atoms with Crippen LogP contribution in [0.3, 0.4) is 0 Å². The highest BCUT2D eigenvalue weighted by atomic mass is 15.0. The van der Waals surface area contributed by atoms with Crippen LogP contribution < -0.4 is 5.32 Å². The molecule has 3 aliphatic rings. The van der Waals surface area contributed by atoms with E-state index in [1.807, 2.05) is 0 Å². The molecule has 0 bridgehead atoms. The van der Waals surface area contributed by atoms with Crippen LogP contribution in [0.1, 0.15) is 51.4 Å². The Balaban J connectivity index is 1.69. The predicted molar refractivity (Wildman–Crippen MR) is 54.6 cm³/mol. The van der Waals surface area contributed by atoms with Crippen LogP contribution in [0.4, 0.5) is 0 Å². The monoisotopic (exact) mass is 179 g/mol. The van der Waals surface area contributed by atoms with Gasteiger partial charge in [-0.1, -0.05) is 19.3 Å². The molecule has 1 heterocycles. The zero-order valence-electron chi connectivity index (χ0n) is 8.52. The zero-order valence-corrected chi connectivity index (χ0v) is 8.52. The lowest BCUT2D eigenvalue weighted by Crippen LogP contribution is -2.54. The van der Waals surface area contributed by atoms with Crippen LogP contribution in [0.2, 0.25) is 0 Å². The van der Waals surface area contributed by atoms with Crippen molar-refractivity contribution in [3.63, 3.8) is 0 Å². The largest absolute Gasteiger partial charge is 0.313 e. The van der Waals surface area contributed by atoms with E-state index in [1.54, 1.807) is 6.42 Å². The third kappa shape index (κ3) is 1.32. The molecule has 0 amide bonds. The second-order valence-electron chi connectivity index (χ2n) is 5.59. The van der Waals surface area contributed by atoms with Crippen LogP contribution in [0.25, 0.3) is 0 Å². The highest BCUT2D eigenvalue weighted by Crippen LogP contribution is 2.50. The lowest BCUT2D eigenvalue weighted by Gasteiger charge is -2.52. The van der Waals surface area contributed by atoms with Crippen molar-refractivity contribution in [2.24, 2.45) is 11.3 Å². The van der Waals surface area contributed by atoms with Crippen molar-refractivity contribution in [1.29, 1.82) is 0 Å². The summed E-state index contributed by atoms with van der Waals surface area (Å²) >= 11 is 0. The van der Waals surface area contributed by atoms with Gasteiger partial charge in [-0.2, -0.15) is 0 Å². The molecule has 1 aliphatic heterocycles. The molecule has 0 unspecified atom stereocenters. The molecule has 2 atom stereocenters. The number of nitrogens with one attached hydrogen (secondary N) is 1. The summed E-state index contributed by atoms with van der Waals surface area (Å²) in [6.45, 7) is 1.34. The normalized spacial score (nSPS) is 42.5. The minimum absolute atomic E-state index is 0.776. The maximum atomic E-state index is 3.81. The van der Waals surface area contributed by atoms with Gasteiger partial charge in [0.2, 0.25) is 0 Å². The van der Waals surface area contributed by atoms with Gasteiger partial charge in [0.1, 0.15) is 0 Å². The lowest BCUT2D eigenvalue weighted by molar-refractivity contribution is 0.0248. The maximum Gasteiger partial charge on any atom is 0.00957 e. The van der Waals surface area contributed by atoms with Gasteiger partial charge in [0.05, 0.1) is 0 Å². The molecule has 0 radical (unpaired) electrons. The van der Waals surface area contributed by atoms with Gasteiger partial charge in [0.25, 0.3) is 0 Å². The van der Waals surface area contributed by atoms with Gasteiger partial charge in [-0.3, -0.25) is 0 Å². The predicted octanol–water partition coefficient (Wildman–Crippen LogP) is 2.71. The first-order valence-corrected chi connectivity index (χ1v) is 6.11. The number of rotatable bonds is 0. The van der Waals surface area contributed by atoms with Crippen LogP contribution in [0.5, 0.6) is 0 Å². The summed E-state index contributed by atoms with van der Waals surface area (Å²) in [7, 11) is 0. The van der Waals surface area contributed by atoms with E-state index in [0.717, 1.165) is 17.4 Å². The van der Waals surface area contributed by atoms with Crippen molar-refractivity contribution in [1.82, 2.24) is 5.32 Å². The van der Waals surface area contributed by atoms with Gasteiger partial charge in [0, 0.05) is 12.6 Å². The molecule has 1 N–H and O–H groups in total. The number of fused-ring (bicyclic) bond motifs is 1. The maximum absolute atomic E-state index is 3.81. The lowest BCUT2D eigenvalue weighted by atomic mass is 9.59. The van der Waals surface area contributed by atoms with Gasteiger partial charge in [-0.05, 0) is 43.4 Å². The minimum Gasteiger partial charge on any atom is -0.313 e. The van der Waals surface area contributed by atoms with Crippen molar-refractivity contribution in [3.8, 4) is 0 Å². The minimum atomic E-state index is 0.776. The summed E-state index contributed by atoms with van der Waals surface area (Å²) in [5.41, 5.74) is 0.776. The fourth-order valence-corrected chi connectivity index (χ4v) is 3.75. The van der Waals surface area contributed by atoms with Gasteiger partial charge in [-0.15, -0.1) is 0 Å². The highest BCUT2D eigenvalue weighted by molar-refractivity contribution is 4.99. The Morgan fingerprint density at radius 1 is 1.00 bits per heavy atom. The summed E-state index contributed by atoms with van der Waals surface area (Å²) in [5.74, 6) is 1.04. The SMILES string of the molecule is C1CC[C@@H]2NCC3(CCC3)C[C@H]2C1. The summed E-state index contributed by atoms with van der Waals surface area (Å²) < 4.78 is 0. The molecule has 0 aromatic rings. The number of hydrogen-bond acceptors (Lipinski definition) is 1. The standard InChI is InChI=1S/C12H21N/c1-2-5-11-10(4-1)8-12(9-13-11)6-3-7-12/h10-11,13H,1-9H2/t10-,11+/m1/s1. The quantitative estimate of drug-likeness (QED) is 0.603. The van der Waals surface area contributed by atoms with Crippen LogP contribution in [-0.2, 0) is 0 Å². The third-order valence-electron chi connectivity index (χ3n) is 4.76. The first-order chi connectivity index (χ1) is 6.38. The molecule has 1 saturated heterocycles. The van der Waals surface area contributed by atoms with Crippen molar-refractivity contribution in [2.45, 2.75) is 57.4 Å². The Labute approximate surface area is 81.3 Å². The molecular formula is C12H21N. The van der Waals surface area contributed by atoms with Gasteiger partial charge in [-0.25, -0.2) is 0 Å². The van der Waals surface area contributed by atoms with Crippen molar-refractivity contribution >= 4 is 0 Å². The second-order valence-corrected chi connectivity index (χ2v) is 5.59. The van der Waals surface area contributed by atoms with Gasteiger partial charge in [0.15, 0.2) is 0 Å². The summed E-state index contributed by atoms with van der Waals surface area (Å²) in [6, 6.07) is 0.903. The average Bonchev–Trinajstić information content (AvgIpc) is 2.15. The average molecular weight is 179 g/mol. The topological polar surface area (TPSA) is 12.0 Å². The molecule has 2 saturated carbocycles. The first kappa shape index (κ1) is 8.28. The molecule has 1 nitrogen and oxygen atoms in total. The molecule has 0 aromatic heterocycles. The van der Waals surface area contributed by atoms with E-state index in [9.17, 15) is 0 Å². The molecule has 13 heavy (non-hydrogen) atoms. The smallest absolute Gasteiger partial charge is 0.00957 e. The van der Waals surface area contributed by atoms with E-state index >= 15 is 0 Å². The summed E-state index contributed by atoms with van der Waals surface area (Å²) in [5, 5.41) is 3.81. The van der Waals surface area contributed by atoms with Crippen LogP contribution in [-0.4, -0.2) is 12.6 Å². The van der Waals surface area contributed by atoms with Gasteiger partial charge >= 0.3 is 0 Å². The summed E-state index contributed by atoms with van der Waals surface area (Å²) in [4.78, 5) is 0. The third-order valence-corrected chi connectivity index (χ3v) is 4.76. The van der Waals surface area contributed by atoms with Crippen molar-refractivity contribution in [3.05, 3.63) is 0 Å². The Morgan fingerprint density at radius 2 is 1.85 bits per heavy atom. The van der Waals surface area contributed by atoms with Crippen LogP contribution in [0, 0.1) is 11.3 Å². The fourth-order valence-electron chi connectivity index (χ4n) is 3.75. The Bertz CT molecular complexity index is 195. The van der Waals surface area contributed by atoms with E-state index in [1.165, 1.54) is 51.5 Å². The second kappa shape index (κ2) is 2.98. The van der Waals surface area contributed by atoms with Crippen LogP contribution in [0.15, 0.2) is 0 Å². The van der Waals surface area contributed by atoms with E-state index in [0.29, 0.717) is 0 Å². The van der Waals surface area contributed by atoms with E-state index in [2.05, 4.69) is 5.32 Å².